The second-order valence-electron chi connectivity index (χ2n) is 7.10. The van der Waals surface area contributed by atoms with E-state index < -0.39 is 5.97 Å². The maximum absolute atomic E-state index is 13.1. The molecule has 0 saturated heterocycles. The van der Waals surface area contributed by atoms with Gasteiger partial charge in [-0.05, 0) is 67.4 Å². The van der Waals surface area contributed by atoms with Crippen molar-refractivity contribution in [1.82, 2.24) is 0 Å². The molecule has 5 heteroatoms. The van der Waals surface area contributed by atoms with Crippen LogP contribution in [-0.2, 0) is 16.1 Å². The molecule has 30 heavy (non-hydrogen) atoms. The molecule has 3 aromatic rings. The van der Waals surface area contributed by atoms with Gasteiger partial charge in [0, 0.05) is 11.1 Å². The van der Waals surface area contributed by atoms with E-state index >= 15 is 0 Å². The highest BCUT2D eigenvalue weighted by Crippen LogP contribution is 2.27. The molecule has 0 aromatic heterocycles. The Morgan fingerprint density at radius 3 is 2.57 bits per heavy atom. The summed E-state index contributed by atoms with van der Waals surface area (Å²) in [6.07, 6.45) is 1.65. The minimum absolute atomic E-state index is 0.154. The number of halogens is 1. The summed E-state index contributed by atoms with van der Waals surface area (Å²) in [7, 11) is 0. The second-order valence-corrected chi connectivity index (χ2v) is 7.10. The maximum Gasteiger partial charge on any atom is 0.363 e. The number of carbonyl (C=O) groups excluding carboxylic acids is 1. The molecule has 150 valence electrons. The lowest BCUT2D eigenvalue weighted by Crippen LogP contribution is -2.05. The zero-order valence-electron chi connectivity index (χ0n) is 16.7. The Morgan fingerprint density at radius 1 is 1.03 bits per heavy atom. The number of ether oxygens (including phenoxy) is 2. The van der Waals surface area contributed by atoms with Crippen LogP contribution >= 0.6 is 0 Å². The molecule has 4 rings (SSSR count). The van der Waals surface area contributed by atoms with Gasteiger partial charge in [-0.1, -0.05) is 35.9 Å². The van der Waals surface area contributed by atoms with E-state index in [4.69, 9.17) is 9.47 Å². The topological polar surface area (TPSA) is 47.9 Å². The number of carbonyl (C=O) groups is 1. The molecule has 1 aliphatic heterocycles. The number of benzene rings is 3. The van der Waals surface area contributed by atoms with E-state index in [0.717, 1.165) is 22.3 Å². The summed E-state index contributed by atoms with van der Waals surface area (Å²) in [6, 6.07) is 19.4. The van der Waals surface area contributed by atoms with Gasteiger partial charge in [-0.3, -0.25) is 0 Å². The van der Waals surface area contributed by atoms with Crippen LogP contribution in [0.25, 0.3) is 6.08 Å². The Kier molecular flexibility index (Phi) is 5.44. The summed E-state index contributed by atoms with van der Waals surface area (Å²) in [4.78, 5) is 16.6. The van der Waals surface area contributed by atoms with Crippen molar-refractivity contribution < 1.29 is 18.7 Å². The first-order valence-electron chi connectivity index (χ1n) is 9.56. The molecule has 3 aromatic carbocycles. The van der Waals surface area contributed by atoms with Crippen molar-refractivity contribution in [3.05, 3.63) is 106 Å². The SMILES string of the molecule is Cc1ccc(OCc2ccccc2C)c(/C=C2/N=C(c3ccc(F)cc3)OC2=O)c1. The molecule has 0 radical (unpaired) electrons. The summed E-state index contributed by atoms with van der Waals surface area (Å²) in [5, 5.41) is 0. The molecule has 4 nitrogen and oxygen atoms in total. The van der Waals surface area contributed by atoms with Gasteiger partial charge in [0.1, 0.15) is 18.2 Å². The molecule has 0 fully saturated rings. The summed E-state index contributed by atoms with van der Waals surface area (Å²) >= 11 is 0. The molecule has 1 heterocycles. The number of aliphatic imine (C=N–C) groups is 1. The molecular formula is C25H20FNO3. The lowest BCUT2D eigenvalue weighted by molar-refractivity contribution is -0.129. The van der Waals surface area contributed by atoms with Gasteiger partial charge in [0.2, 0.25) is 5.90 Å². The Bertz CT molecular complexity index is 1160. The Hall–Kier alpha value is -3.73. The van der Waals surface area contributed by atoms with Crippen molar-refractivity contribution in [3.63, 3.8) is 0 Å². The maximum atomic E-state index is 13.1. The van der Waals surface area contributed by atoms with Crippen LogP contribution < -0.4 is 4.74 Å². The number of nitrogens with zero attached hydrogens (tertiary/aromatic N) is 1. The van der Waals surface area contributed by atoms with Crippen LogP contribution in [0.2, 0.25) is 0 Å². The average Bonchev–Trinajstić information content (AvgIpc) is 3.09. The third-order valence-corrected chi connectivity index (χ3v) is 4.81. The van der Waals surface area contributed by atoms with Crippen LogP contribution in [0.5, 0.6) is 5.75 Å². The van der Waals surface area contributed by atoms with E-state index in [0.29, 0.717) is 17.9 Å². The second kappa shape index (κ2) is 8.33. The van der Waals surface area contributed by atoms with Gasteiger partial charge in [-0.25, -0.2) is 14.2 Å². The van der Waals surface area contributed by atoms with Crippen molar-refractivity contribution in [2.75, 3.05) is 0 Å². The molecule has 0 atom stereocenters. The minimum atomic E-state index is -0.555. The van der Waals surface area contributed by atoms with E-state index in [1.807, 2.05) is 56.3 Å². The van der Waals surface area contributed by atoms with Gasteiger partial charge in [0.25, 0.3) is 0 Å². The molecule has 0 unspecified atom stereocenters. The highest BCUT2D eigenvalue weighted by molar-refractivity contribution is 6.12. The molecule has 0 saturated carbocycles. The molecule has 0 spiro atoms. The van der Waals surface area contributed by atoms with Crippen molar-refractivity contribution in [2.45, 2.75) is 20.5 Å². The summed E-state index contributed by atoms with van der Waals surface area (Å²) < 4.78 is 24.5. The van der Waals surface area contributed by atoms with Crippen LogP contribution in [0.3, 0.4) is 0 Å². The van der Waals surface area contributed by atoms with E-state index in [1.54, 1.807) is 6.08 Å². The Balaban J connectivity index is 1.62. The fraction of sp³-hybridized carbons (Fsp3) is 0.120. The smallest absolute Gasteiger partial charge is 0.363 e. The van der Waals surface area contributed by atoms with Gasteiger partial charge >= 0.3 is 5.97 Å². The largest absolute Gasteiger partial charge is 0.488 e. The zero-order chi connectivity index (χ0) is 21.1. The fourth-order valence-corrected chi connectivity index (χ4v) is 3.11. The summed E-state index contributed by atoms with van der Waals surface area (Å²) in [5.41, 5.74) is 4.71. The van der Waals surface area contributed by atoms with E-state index in [1.165, 1.54) is 24.3 Å². The minimum Gasteiger partial charge on any atom is -0.488 e. The molecule has 0 bridgehead atoms. The van der Waals surface area contributed by atoms with Gasteiger partial charge in [0.15, 0.2) is 5.70 Å². The van der Waals surface area contributed by atoms with Gasteiger partial charge in [0.05, 0.1) is 0 Å². The predicted molar refractivity (Wildman–Crippen MR) is 114 cm³/mol. The third kappa shape index (κ3) is 4.30. The highest BCUT2D eigenvalue weighted by Gasteiger charge is 2.24. The molecule has 1 aliphatic rings. The summed E-state index contributed by atoms with van der Waals surface area (Å²) in [6.45, 7) is 4.42. The first-order chi connectivity index (χ1) is 14.5. The van der Waals surface area contributed by atoms with Crippen LogP contribution in [0, 0.1) is 19.7 Å². The Labute approximate surface area is 174 Å². The quantitative estimate of drug-likeness (QED) is 0.427. The van der Waals surface area contributed by atoms with E-state index in [-0.39, 0.29) is 17.4 Å². The third-order valence-electron chi connectivity index (χ3n) is 4.81. The number of esters is 1. The highest BCUT2D eigenvalue weighted by atomic mass is 19.1. The number of aryl methyl sites for hydroxylation is 2. The number of rotatable bonds is 5. The van der Waals surface area contributed by atoms with Crippen molar-refractivity contribution >= 4 is 17.9 Å². The van der Waals surface area contributed by atoms with Crippen LogP contribution in [0.1, 0.15) is 27.8 Å². The number of hydrogen-bond acceptors (Lipinski definition) is 4. The van der Waals surface area contributed by atoms with Crippen molar-refractivity contribution in [2.24, 2.45) is 4.99 Å². The predicted octanol–water partition coefficient (Wildman–Crippen LogP) is 5.37. The van der Waals surface area contributed by atoms with Crippen LogP contribution in [0.15, 0.2) is 77.4 Å². The Morgan fingerprint density at radius 2 is 1.80 bits per heavy atom. The molecule has 0 amide bonds. The molecule has 0 aliphatic carbocycles. The number of cyclic esters (lactones) is 1. The first kappa shape index (κ1) is 19.6. The van der Waals surface area contributed by atoms with Crippen LogP contribution in [0.4, 0.5) is 4.39 Å². The zero-order valence-corrected chi connectivity index (χ0v) is 16.7. The first-order valence-corrected chi connectivity index (χ1v) is 9.56. The fourth-order valence-electron chi connectivity index (χ4n) is 3.11. The monoisotopic (exact) mass is 401 g/mol. The number of hydrogen-bond donors (Lipinski definition) is 0. The van der Waals surface area contributed by atoms with Crippen LogP contribution in [-0.4, -0.2) is 11.9 Å². The van der Waals surface area contributed by atoms with Gasteiger partial charge < -0.3 is 9.47 Å². The van der Waals surface area contributed by atoms with Gasteiger partial charge in [-0.2, -0.15) is 0 Å². The molecule has 0 N–H and O–H groups in total. The van der Waals surface area contributed by atoms with E-state index in [9.17, 15) is 9.18 Å². The standard InChI is InChI=1S/C25H20FNO3/c1-16-7-12-23(29-15-19-6-4-3-5-17(19)2)20(13-16)14-22-25(28)30-24(27-22)18-8-10-21(26)11-9-18/h3-14H,15H2,1-2H3/b22-14+. The normalized spacial score (nSPS) is 14.6. The molecular weight excluding hydrogens is 381 g/mol. The average molecular weight is 401 g/mol. The lowest BCUT2D eigenvalue weighted by atomic mass is 10.1. The lowest BCUT2D eigenvalue weighted by Gasteiger charge is -2.12. The van der Waals surface area contributed by atoms with Crippen molar-refractivity contribution in [3.8, 4) is 5.75 Å². The van der Waals surface area contributed by atoms with Crippen molar-refractivity contribution in [1.29, 1.82) is 0 Å². The van der Waals surface area contributed by atoms with Gasteiger partial charge in [-0.15, -0.1) is 0 Å². The van der Waals surface area contributed by atoms with E-state index in [2.05, 4.69) is 4.99 Å². The summed E-state index contributed by atoms with van der Waals surface area (Å²) in [5.74, 6) is -0.119.